The van der Waals surface area contributed by atoms with Crippen LogP contribution in [0, 0.1) is 6.92 Å². The van der Waals surface area contributed by atoms with Crippen molar-refractivity contribution in [3.63, 3.8) is 0 Å². The second-order valence-electron chi connectivity index (χ2n) is 6.55. The quantitative estimate of drug-likeness (QED) is 0.395. The number of rotatable bonds is 5. The molecular weight excluding hydrogens is 460 g/mol. The van der Waals surface area contributed by atoms with E-state index in [0.717, 1.165) is 29.8 Å². The van der Waals surface area contributed by atoms with Gasteiger partial charge in [-0.05, 0) is 42.8 Å². The fraction of sp³-hybridized carbons (Fsp3) is 0.143. The summed E-state index contributed by atoms with van der Waals surface area (Å²) >= 11 is 11.9. The van der Waals surface area contributed by atoms with Gasteiger partial charge in [0, 0.05) is 15.6 Å². The average molecular weight is 475 g/mol. The second-order valence-corrected chi connectivity index (χ2v) is 8.97. The van der Waals surface area contributed by atoms with Gasteiger partial charge in [-0.25, -0.2) is 4.18 Å². The van der Waals surface area contributed by atoms with Crippen LogP contribution in [0.25, 0.3) is 0 Å². The van der Waals surface area contributed by atoms with E-state index >= 15 is 0 Å². The molecule has 0 aliphatic heterocycles. The molecule has 30 heavy (non-hydrogen) atoms. The van der Waals surface area contributed by atoms with Crippen molar-refractivity contribution >= 4 is 33.3 Å². The van der Waals surface area contributed by atoms with Gasteiger partial charge in [-0.15, -0.1) is 0 Å². The van der Waals surface area contributed by atoms with Crippen LogP contribution in [-0.4, -0.2) is 14.6 Å². The number of alkyl halides is 3. The van der Waals surface area contributed by atoms with E-state index < -0.39 is 37.9 Å². The van der Waals surface area contributed by atoms with Crippen LogP contribution in [0.5, 0.6) is 0 Å². The predicted octanol–water partition coefficient (Wildman–Crippen LogP) is 6.51. The van der Waals surface area contributed by atoms with Crippen LogP contribution in [-0.2, 0) is 19.9 Å². The molecule has 0 spiro atoms. The second kappa shape index (κ2) is 8.23. The maximum atomic E-state index is 14.6. The van der Waals surface area contributed by atoms with Crippen molar-refractivity contribution in [1.29, 1.82) is 0 Å². The Bertz CT molecular complexity index is 1130. The van der Waals surface area contributed by atoms with E-state index in [2.05, 4.69) is 0 Å². The number of benzene rings is 3. The third-order valence-corrected chi connectivity index (χ3v) is 6.15. The summed E-state index contributed by atoms with van der Waals surface area (Å²) in [6, 6.07) is 15.0. The molecule has 0 heterocycles. The summed E-state index contributed by atoms with van der Waals surface area (Å²) in [5.41, 5.74) is -3.63. The minimum Gasteiger partial charge on any atom is -0.240 e. The largest absolute Gasteiger partial charge is 0.427 e. The summed E-state index contributed by atoms with van der Waals surface area (Å²) in [6.45, 7) is 1.72. The van der Waals surface area contributed by atoms with Gasteiger partial charge >= 0.3 is 6.18 Å². The highest BCUT2D eigenvalue weighted by Crippen LogP contribution is 2.50. The molecule has 3 rings (SSSR count). The van der Waals surface area contributed by atoms with Crippen molar-refractivity contribution < 1.29 is 25.8 Å². The van der Waals surface area contributed by atoms with Gasteiger partial charge in [0.1, 0.15) is 0 Å². The van der Waals surface area contributed by atoms with Gasteiger partial charge in [0.2, 0.25) is 5.60 Å². The average Bonchev–Trinajstić information content (AvgIpc) is 2.65. The summed E-state index contributed by atoms with van der Waals surface area (Å²) in [5.74, 6) is 0. The molecule has 3 nitrogen and oxygen atoms in total. The van der Waals surface area contributed by atoms with Gasteiger partial charge in [-0.1, -0.05) is 71.2 Å². The monoisotopic (exact) mass is 474 g/mol. The number of hydrogen-bond acceptors (Lipinski definition) is 3. The molecule has 0 N–H and O–H groups in total. The maximum absolute atomic E-state index is 14.6. The Morgan fingerprint density at radius 1 is 0.800 bits per heavy atom. The Kier molecular flexibility index (Phi) is 6.20. The minimum absolute atomic E-state index is 0.0987. The predicted molar refractivity (Wildman–Crippen MR) is 109 cm³/mol. The molecule has 3 aromatic rings. The van der Waals surface area contributed by atoms with Gasteiger partial charge in [0.05, 0.1) is 4.90 Å². The van der Waals surface area contributed by atoms with Crippen molar-refractivity contribution in [2.24, 2.45) is 0 Å². The molecule has 0 radical (unpaired) electrons. The third kappa shape index (κ3) is 4.34. The molecule has 0 aliphatic rings. The van der Waals surface area contributed by atoms with Crippen molar-refractivity contribution in [1.82, 2.24) is 0 Å². The zero-order valence-corrected chi connectivity index (χ0v) is 17.8. The minimum atomic E-state index is -5.18. The van der Waals surface area contributed by atoms with Crippen LogP contribution >= 0.6 is 23.2 Å². The van der Waals surface area contributed by atoms with E-state index in [0.29, 0.717) is 0 Å². The zero-order valence-electron chi connectivity index (χ0n) is 15.5. The first-order valence-corrected chi connectivity index (χ1v) is 10.7. The van der Waals surface area contributed by atoms with Crippen molar-refractivity contribution in [3.05, 3.63) is 99.5 Å². The van der Waals surface area contributed by atoms with Gasteiger partial charge in [0.15, 0.2) is 0 Å². The molecule has 0 amide bonds. The fourth-order valence-corrected chi connectivity index (χ4v) is 4.69. The van der Waals surface area contributed by atoms with Gasteiger partial charge < -0.3 is 0 Å². The van der Waals surface area contributed by atoms with Crippen molar-refractivity contribution in [2.45, 2.75) is 23.6 Å². The summed E-state index contributed by atoms with van der Waals surface area (Å²) in [5, 5.41) is -0.197. The first-order valence-electron chi connectivity index (χ1n) is 8.57. The molecule has 0 aromatic heterocycles. The lowest BCUT2D eigenvalue weighted by Gasteiger charge is -2.36. The van der Waals surface area contributed by atoms with E-state index in [-0.39, 0.29) is 10.0 Å². The van der Waals surface area contributed by atoms with Crippen LogP contribution in [0.15, 0.2) is 77.7 Å². The standard InChI is InChI=1S/C21H15Cl2F3O3S/c1-14-7-9-19(10-8-14)30(27,28)29-20(21(24,25)26,15-5-3-2-4-6-15)16-11-17(22)13-18(23)12-16/h2-13H,1H3. The molecule has 158 valence electrons. The molecule has 0 aliphatic carbocycles. The topological polar surface area (TPSA) is 43.4 Å². The van der Waals surface area contributed by atoms with Crippen LogP contribution in [0.2, 0.25) is 10.0 Å². The highest BCUT2D eigenvalue weighted by atomic mass is 35.5. The Morgan fingerprint density at radius 3 is 1.83 bits per heavy atom. The normalized spacial score (nSPS) is 14.3. The molecule has 9 heteroatoms. The van der Waals surface area contributed by atoms with E-state index in [9.17, 15) is 21.6 Å². The van der Waals surface area contributed by atoms with Gasteiger partial charge in [0.25, 0.3) is 10.1 Å². The van der Waals surface area contributed by atoms with Crippen LogP contribution < -0.4 is 0 Å². The van der Waals surface area contributed by atoms with Crippen molar-refractivity contribution in [3.8, 4) is 0 Å². The molecular formula is C21H15Cl2F3O3S. The number of halogens is 5. The van der Waals surface area contributed by atoms with E-state index in [1.54, 1.807) is 6.92 Å². The smallest absolute Gasteiger partial charge is 0.240 e. The van der Waals surface area contributed by atoms with Crippen LogP contribution in [0.1, 0.15) is 16.7 Å². The summed E-state index contributed by atoms with van der Waals surface area (Å²) in [7, 11) is -4.85. The van der Waals surface area contributed by atoms with E-state index in [4.69, 9.17) is 27.4 Å². The lowest BCUT2D eigenvalue weighted by atomic mass is 9.85. The van der Waals surface area contributed by atoms with Gasteiger partial charge in [-0.3, -0.25) is 0 Å². The third-order valence-electron chi connectivity index (χ3n) is 4.39. The highest BCUT2D eigenvalue weighted by Gasteiger charge is 2.61. The SMILES string of the molecule is Cc1ccc(S(=O)(=O)OC(c2ccccc2)(c2cc(Cl)cc(Cl)c2)C(F)(F)F)cc1. The van der Waals surface area contributed by atoms with E-state index in [1.165, 1.54) is 48.5 Å². The summed E-state index contributed by atoms with van der Waals surface area (Å²) < 4.78 is 74.8. The molecule has 0 bridgehead atoms. The van der Waals surface area contributed by atoms with Gasteiger partial charge in [-0.2, -0.15) is 21.6 Å². The molecule has 0 fully saturated rings. The first-order chi connectivity index (χ1) is 14.0. The molecule has 3 aromatic carbocycles. The lowest BCUT2D eigenvalue weighted by Crippen LogP contribution is -2.47. The fourth-order valence-electron chi connectivity index (χ4n) is 2.99. The zero-order chi connectivity index (χ0) is 22.2. The summed E-state index contributed by atoms with van der Waals surface area (Å²) in [4.78, 5) is -0.411. The lowest BCUT2D eigenvalue weighted by molar-refractivity contribution is -0.236. The van der Waals surface area contributed by atoms with Crippen molar-refractivity contribution in [2.75, 3.05) is 0 Å². The Morgan fingerprint density at radius 2 is 1.33 bits per heavy atom. The first kappa shape index (κ1) is 22.6. The molecule has 0 saturated carbocycles. The molecule has 1 unspecified atom stereocenters. The highest BCUT2D eigenvalue weighted by molar-refractivity contribution is 7.86. The van der Waals surface area contributed by atoms with E-state index in [1.807, 2.05) is 0 Å². The molecule has 0 saturated heterocycles. The van der Waals surface area contributed by atoms with Crippen LogP contribution in [0.4, 0.5) is 13.2 Å². The Balaban J connectivity index is 2.32. The maximum Gasteiger partial charge on any atom is 0.427 e. The molecule has 1 atom stereocenters. The van der Waals surface area contributed by atoms with Crippen LogP contribution in [0.3, 0.4) is 0 Å². The Labute approximate surface area is 182 Å². The Hall–Kier alpha value is -2.06. The summed E-state index contributed by atoms with van der Waals surface area (Å²) in [6.07, 6.45) is -5.18. The number of hydrogen-bond donors (Lipinski definition) is 0. The number of aryl methyl sites for hydroxylation is 1.